The van der Waals surface area contributed by atoms with Gasteiger partial charge >= 0.3 is 0 Å². The average Bonchev–Trinajstić information content (AvgIpc) is 3.33. The number of hydrogen-bond acceptors (Lipinski definition) is 8. The zero-order valence-electron chi connectivity index (χ0n) is 22.2. The number of hydrogen-bond donors (Lipinski definition) is 1. The Bertz CT molecular complexity index is 1630. The predicted molar refractivity (Wildman–Crippen MR) is 157 cm³/mol. The zero-order chi connectivity index (χ0) is 27.5. The largest absolute Gasteiger partial charge is 0.493 e. The van der Waals surface area contributed by atoms with E-state index in [9.17, 15) is 13.2 Å². The monoisotopic (exact) mass is 580 g/mol. The minimum absolute atomic E-state index is 0.250. The van der Waals surface area contributed by atoms with Crippen LogP contribution in [0.3, 0.4) is 0 Å². The van der Waals surface area contributed by atoms with Gasteiger partial charge in [0.2, 0.25) is 10.0 Å². The van der Waals surface area contributed by atoms with Crippen LogP contribution in [0.4, 0.5) is 5.13 Å². The van der Waals surface area contributed by atoms with Gasteiger partial charge < -0.3 is 9.47 Å². The number of rotatable bonds is 10. The Morgan fingerprint density at radius 1 is 1.00 bits per heavy atom. The lowest BCUT2D eigenvalue weighted by atomic mass is 10.1. The number of sulfonamides is 1. The molecule has 40 heavy (non-hydrogen) atoms. The van der Waals surface area contributed by atoms with E-state index in [4.69, 9.17) is 9.47 Å². The van der Waals surface area contributed by atoms with Crippen LogP contribution < -0.4 is 10.1 Å². The molecule has 0 radical (unpaired) electrons. The number of nitrogens with one attached hydrogen (secondary N) is 1. The fourth-order valence-electron chi connectivity index (χ4n) is 4.92. The summed E-state index contributed by atoms with van der Waals surface area (Å²) in [6.07, 6.45) is 2.77. The Morgan fingerprint density at radius 2 is 1.77 bits per heavy atom. The number of morpholine rings is 1. The molecule has 2 saturated heterocycles. The number of amides is 1. The van der Waals surface area contributed by atoms with E-state index in [0.29, 0.717) is 46.4 Å². The molecule has 0 unspecified atom stereocenters. The maximum absolute atomic E-state index is 13.5. The van der Waals surface area contributed by atoms with Gasteiger partial charge in [-0.2, -0.15) is 4.31 Å². The number of aromatic nitrogens is 1. The van der Waals surface area contributed by atoms with Crippen LogP contribution in [0.2, 0.25) is 0 Å². The Morgan fingerprint density at radius 3 is 2.52 bits per heavy atom. The van der Waals surface area contributed by atoms with E-state index in [2.05, 4.69) is 15.2 Å². The Kier molecular flexibility index (Phi) is 7.99. The van der Waals surface area contributed by atoms with E-state index >= 15 is 0 Å². The van der Waals surface area contributed by atoms with Gasteiger partial charge in [-0.1, -0.05) is 35.6 Å². The van der Waals surface area contributed by atoms with E-state index in [1.54, 1.807) is 18.2 Å². The molecular formula is C29H32N4O5S2. The molecule has 1 aromatic heterocycles. The number of fused-ring (bicyclic) bond motifs is 2. The first-order valence-corrected chi connectivity index (χ1v) is 15.9. The molecule has 4 aromatic rings. The Labute approximate surface area is 237 Å². The maximum Gasteiger partial charge on any atom is 0.261 e. The summed E-state index contributed by atoms with van der Waals surface area (Å²) >= 11 is 1.25. The highest BCUT2D eigenvalue weighted by Crippen LogP contribution is 2.32. The van der Waals surface area contributed by atoms with Crippen LogP contribution in [0.1, 0.15) is 29.6 Å². The quantitative estimate of drug-likeness (QED) is 0.274. The van der Waals surface area contributed by atoms with Crippen LogP contribution in [-0.4, -0.2) is 81.1 Å². The lowest BCUT2D eigenvalue weighted by Crippen LogP contribution is -2.41. The Balaban J connectivity index is 1.17. The summed E-state index contributed by atoms with van der Waals surface area (Å²) in [5, 5.41) is 5.26. The molecule has 2 aliphatic rings. The maximum atomic E-state index is 13.5. The van der Waals surface area contributed by atoms with Crippen molar-refractivity contribution in [2.75, 3.05) is 57.9 Å². The van der Waals surface area contributed by atoms with Crippen molar-refractivity contribution < 1.29 is 22.7 Å². The van der Waals surface area contributed by atoms with E-state index in [1.165, 1.54) is 15.6 Å². The van der Waals surface area contributed by atoms with E-state index in [-0.39, 0.29) is 10.8 Å². The van der Waals surface area contributed by atoms with Crippen molar-refractivity contribution in [1.29, 1.82) is 0 Å². The fraction of sp³-hybridized carbons (Fsp3) is 0.379. The summed E-state index contributed by atoms with van der Waals surface area (Å²) in [6, 6.07) is 16.5. The highest BCUT2D eigenvalue weighted by molar-refractivity contribution is 7.89. The van der Waals surface area contributed by atoms with Crippen LogP contribution >= 0.6 is 11.3 Å². The van der Waals surface area contributed by atoms with Gasteiger partial charge in [0.25, 0.3) is 5.91 Å². The van der Waals surface area contributed by atoms with Gasteiger partial charge in [0.1, 0.15) is 5.75 Å². The summed E-state index contributed by atoms with van der Waals surface area (Å²) in [7, 11) is -3.50. The highest BCUT2D eigenvalue weighted by atomic mass is 32.2. The van der Waals surface area contributed by atoms with Crippen molar-refractivity contribution in [1.82, 2.24) is 14.2 Å². The molecule has 0 bridgehead atoms. The summed E-state index contributed by atoms with van der Waals surface area (Å²) in [6.45, 7) is 6.14. The SMILES string of the molecule is O=C(Nc1nc2ccc(S(=O)(=O)N3CCC3)cc2s1)c1cc2ccccc2cc1OCCCCN1CCOCC1. The lowest BCUT2D eigenvalue weighted by Gasteiger charge is -2.29. The molecule has 6 rings (SSSR count). The van der Waals surface area contributed by atoms with E-state index < -0.39 is 10.0 Å². The second kappa shape index (κ2) is 11.8. The molecule has 0 atom stereocenters. The third-order valence-corrected chi connectivity index (χ3v) is 10.2. The number of unbranched alkanes of at least 4 members (excludes halogenated alkanes) is 1. The molecule has 3 heterocycles. The number of thiazole rings is 1. The van der Waals surface area contributed by atoms with E-state index in [0.717, 1.165) is 62.9 Å². The second-order valence-electron chi connectivity index (χ2n) is 10.1. The molecule has 0 aliphatic carbocycles. The molecule has 2 aliphatic heterocycles. The average molecular weight is 581 g/mol. The molecule has 210 valence electrons. The Hall–Kier alpha value is -3.09. The second-order valence-corrected chi connectivity index (χ2v) is 13.0. The highest BCUT2D eigenvalue weighted by Gasteiger charge is 2.29. The molecule has 1 amide bonds. The van der Waals surface area contributed by atoms with Crippen LogP contribution in [0, 0.1) is 0 Å². The van der Waals surface area contributed by atoms with Crippen molar-refractivity contribution in [3.8, 4) is 5.75 Å². The fourth-order valence-corrected chi connectivity index (χ4v) is 7.44. The minimum atomic E-state index is -3.50. The van der Waals surface area contributed by atoms with Crippen molar-refractivity contribution in [3.63, 3.8) is 0 Å². The van der Waals surface area contributed by atoms with Crippen LogP contribution in [-0.2, 0) is 14.8 Å². The van der Waals surface area contributed by atoms with Crippen molar-refractivity contribution in [2.45, 2.75) is 24.2 Å². The molecule has 11 heteroatoms. The number of carbonyl (C=O) groups is 1. The minimum Gasteiger partial charge on any atom is -0.493 e. The van der Waals surface area contributed by atoms with Gasteiger partial charge in [-0.15, -0.1) is 0 Å². The van der Waals surface area contributed by atoms with Gasteiger partial charge in [-0.05, 0) is 66.9 Å². The van der Waals surface area contributed by atoms with Gasteiger partial charge in [0.15, 0.2) is 5.13 Å². The normalized spacial score (nSPS) is 16.7. The smallest absolute Gasteiger partial charge is 0.261 e. The molecule has 0 saturated carbocycles. The van der Waals surface area contributed by atoms with Crippen LogP contribution in [0.25, 0.3) is 21.0 Å². The number of benzene rings is 3. The standard InChI is InChI=1S/C29H32N4O5S2/c34-28(31-29-30-25-9-8-23(20-27(25)39-29)40(35,36)33-11-5-12-33)24-18-21-6-1-2-7-22(21)19-26(24)38-15-4-3-10-32-13-16-37-17-14-32/h1-2,6-9,18-20H,3-5,10-17H2,(H,30,31,34). The van der Waals surface area contributed by atoms with Gasteiger partial charge in [0.05, 0.1) is 40.5 Å². The predicted octanol–water partition coefficient (Wildman–Crippen LogP) is 4.59. The van der Waals surface area contributed by atoms with Gasteiger partial charge in [0, 0.05) is 26.2 Å². The first kappa shape index (κ1) is 27.1. The number of ether oxygens (including phenoxy) is 2. The van der Waals surface area contributed by atoms with Crippen molar-refractivity contribution >= 4 is 53.4 Å². The van der Waals surface area contributed by atoms with E-state index in [1.807, 2.05) is 36.4 Å². The first-order valence-electron chi connectivity index (χ1n) is 13.7. The molecular weight excluding hydrogens is 548 g/mol. The van der Waals surface area contributed by atoms with Crippen LogP contribution in [0.15, 0.2) is 59.5 Å². The third kappa shape index (κ3) is 5.84. The third-order valence-electron chi connectivity index (χ3n) is 7.36. The summed E-state index contributed by atoms with van der Waals surface area (Å²) in [4.78, 5) is 20.6. The number of nitrogens with zero attached hydrogens (tertiary/aromatic N) is 3. The molecule has 0 spiro atoms. The summed E-state index contributed by atoms with van der Waals surface area (Å²) in [5.74, 6) is 0.216. The number of anilines is 1. The molecule has 2 fully saturated rings. The first-order chi connectivity index (χ1) is 19.5. The van der Waals surface area contributed by atoms with Crippen molar-refractivity contribution in [3.05, 3.63) is 60.2 Å². The topological polar surface area (TPSA) is 101 Å². The number of carbonyl (C=O) groups excluding carboxylic acids is 1. The molecule has 3 aromatic carbocycles. The van der Waals surface area contributed by atoms with Gasteiger partial charge in [-0.3, -0.25) is 15.0 Å². The van der Waals surface area contributed by atoms with Gasteiger partial charge in [-0.25, -0.2) is 13.4 Å². The summed E-state index contributed by atoms with van der Waals surface area (Å²) in [5.41, 5.74) is 1.07. The summed E-state index contributed by atoms with van der Waals surface area (Å²) < 4.78 is 39.3. The zero-order valence-corrected chi connectivity index (χ0v) is 23.8. The molecule has 1 N–H and O–H groups in total. The molecule has 9 nitrogen and oxygen atoms in total. The van der Waals surface area contributed by atoms with Crippen LogP contribution in [0.5, 0.6) is 5.75 Å². The van der Waals surface area contributed by atoms with Crippen molar-refractivity contribution in [2.24, 2.45) is 0 Å². The lowest BCUT2D eigenvalue weighted by molar-refractivity contribution is 0.0368.